The van der Waals surface area contributed by atoms with E-state index in [1.165, 1.54) is 6.26 Å². The molecule has 0 saturated heterocycles. The zero-order valence-corrected chi connectivity index (χ0v) is 15.7. The van der Waals surface area contributed by atoms with Crippen LogP contribution in [0.1, 0.15) is 27.2 Å². The number of carbonyl (C=O) groups is 1. The van der Waals surface area contributed by atoms with E-state index in [9.17, 15) is 13.2 Å². The van der Waals surface area contributed by atoms with Crippen molar-refractivity contribution in [2.24, 2.45) is 0 Å². The van der Waals surface area contributed by atoms with Crippen molar-refractivity contribution in [3.63, 3.8) is 0 Å². The quantitative estimate of drug-likeness (QED) is 0.625. The first-order valence-electron chi connectivity index (χ1n) is 8.38. The molecule has 3 aromatic rings. The van der Waals surface area contributed by atoms with Gasteiger partial charge in [-0.1, -0.05) is 18.2 Å². The molecular weight excluding hydrogens is 364 g/mol. The molecule has 7 heteroatoms. The van der Waals surface area contributed by atoms with Crippen molar-refractivity contribution in [3.8, 4) is 0 Å². The Labute approximate surface area is 158 Å². The van der Waals surface area contributed by atoms with Crippen LogP contribution < -0.4 is 0 Å². The van der Waals surface area contributed by atoms with Crippen LogP contribution in [0.3, 0.4) is 0 Å². The highest BCUT2D eigenvalue weighted by Crippen LogP contribution is 2.16. The Hall–Kier alpha value is -2.93. The van der Waals surface area contributed by atoms with Crippen LogP contribution in [0.2, 0.25) is 0 Å². The van der Waals surface area contributed by atoms with Gasteiger partial charge in [0.25, 0.3) is 5.91 Å². The zero-order chi connectivity index (χ0) is 19.3. The Kier molecular flexibility index (Phi) is 5.71. The predicted molar refractivity (Wildman–Crippen MR) is 102 cm³/mol. The third-order valence-electron chi connectivity index (χ3n) is 3.94. The van der Waals surface area contributed by atoms with E-state index in [0.29, 0.717) is 30.0 Å². The van der Waals surface area contributed by atoms with Crippen LogP contribution in [0.5, 0.6) is 0 Å². The minimum absolute atomic E-state index is 0.0483. The van der Waals surface area contributed by atoms with Crippen molar-refractivity contribution in [2.45, 2.75) is 18.8 Å². The fourth-order valence-electron chi connectivity index (χ4n) is 2.73. The summed E-state index contributed by atoms with van der Waals surface area (Å²) in [5, 5.41) is 0. The maximum atomic E-state index is 13.0. The second kappa shape index (κ2) is 8.18. The van der Waals surface area contributed by atoms with Crippen LogP contribution in [0.15, 0.2) is 71.6 Å². The number of aromatic nitrogens is 1. The number of hydrogen-bond donors (Lipinski definition) is 0. The van der Waals surface area contributed by atoms with Crippen LogP contribution in [-0.2, 0) is 28.7 Å². The molecule has 0 aliphatic heterocycles. The standard InChI is InChI=1S/C20H20N2O4S/c1-27(24,25)15-16-6-8-18(9-7-16)20(23)22(14-19-5-3-11-26-19)13-17-4-2-10-21-12-17/h2-12H,13-15H2,1H3. The lowest BCUT2D eigenvalue weighted by atomic mass is 10.1. The molecule has 2 aromatic heterocycles. The monoisotopic (exact) mass is 384 g/mol. The molecule has 0 unspecified atom stereocenters. The van der Waals surface area contributed by atoms with Gasteiger partial charge in [0.2, 0.25) is 0 Å². The number of rotatable bonds is 7. The van der Waals surface area contributed by atoms with Crippen molar-refractivity contribution in [1.82, 2.24) is 9.88 Å². The lowest BCUT2D eigenvalue weighted by Crippen LogP contribution is -2.30. The summed E-state index contributed by atoms with van der Waals surface area (Å²) >= 11 is 0. The van der Waals surface area contributed by atoms with E-state index < -0.39 is 9.84 Å². The van der Waals surface area contributed by atoms with Gasteiger partial charge in [-0.3, -0.25) is 9.78 Å². The topological polar surface area (TPSA) is 80.5 Å². The molecule has 1 aromatic carbocycles. The van der Waals surface area contributed by atoms with E-state index in [2.05, 4.69) is 4.98 Å². The second-order valence-corrected chi connectivity index (χ2v) is 8.51. The minimum atomic E-state index is -3.12. The largest absolute Gasteiger partial charge is 0.467 e. The molecule has 0 spiro atoms. The maximum Gasteiger partial charge on any atom is 0.254 e. The number of carbonyl (C=O) groups excluding carboxylic acids is 1. The molecule has 0 bridgehead atoms. The minimum Gasteiger partial charge on any atom is -0.467 e. The highest BCUT2D eigenvalue weighted by molar-refractivity contribution is 7.89. The highest BCUT2D eigenvalue weighted by atomic mass is 32.2. The number of sulfone groups is 1. The number of nitrogens with zero attached hydrogens (tertiary/aromatic N) is 2. The van der Waals surface area contributed by atoms with Crippen LogP contribution in [0.4, 0.5) is 0 Å². The van der Waals surface area contributed by atoms with Gasteiger partial charge in [-0.05, 0) is 41.5 Å². The smallest absolute Gasteiger partial charge is 0.254 e. The van der Waals surface area contributed by atoms with Crippen molar-refractivity contribution >= 4 is 15.7 Å². The average molecular weight is 384 g/mol. The highest BCUT2D eigenvalue weighted by Gasteiger charge is 2.18. The van der Waals surface area contributed by atoms with Crippen LogP contribution in [0, 0.1) is 0 Å². The summed E-state index contributed by atoms with van der Waals surface area (Å²) in [6.07, 6.45) is 6.16. The van der Waals surface area contributed by atoms with Crippen molar-refractivity contribution in [2.75, 3.05) is 6.26 Å². The van der Waals surface area contributed by atoms with Gasteiger partial charge in [-0.2, -0.15) is 0 Å². The van der Waals surface area contributed by atoms with E-state index in [1.54, 1.807) is 53.9 Å². The third-order valence-corrected chi connectivity index (χ3v) is 4.80. The molecule has 27 heavy (non-hydrogen) atoms. The first-order chi connectivity index (χ1) is 12.9. The molecule has 6 nitrogen and oxygen atoms in total. The van der Waals surface area contributed by atoms with E-state index in [0.717, 1.165) is 5.56 Å². The lowest BCUT2D eigenvalue weighted by Gasteiger charge is -2.22. The SMILES string of the molecule is CS(=O)(=O)Cc1ccc(C(=O)N(Cc2cccnc2)Cc2ccco2)cc1. The predicted octanol–water partition coefficient (Wildman–Crippen LogP) is 3.06. The molecule has 0 aliphatic carbocycles. The molecule has 0 fully saturated rings. The summed E-state index contributed by atoms with van der Waals surface area (Å²) in [5.74, 6) is 0.467. The second-order valence-electron chi connectivity index (χ2n) is 6.37. The van der Waals surface area contributed by atoms with E-state index >= 15 is 0 Å². The summed E-state index contributed by atoms with van der Waals surface area (Å²) in [4.78, 5) is 18.8. The third kappa shape index (κ3) is 5.52. The van der Waals surface area contributed by atoms with Crippen molar-refractivity contribution in [3.05, 3.63) is 89.6 Å². The Balaban J connectivity index is 1.81. The van der Waals surface area contributed by atoms with Crippen molar-refractivity contribution in [1.29, 1.82) is 0 Å². The van der Waals surface area contributed by atoms with Crippen LogP contribution >= 0.6 is 0 Å². The van der Waals surface area contributed by atoms with Crippen LogP contribution in [-0.4, -0.2) is 30.5 Å². The Bertz CT molecular complexity index is 982. The number of hydrogen-bond acceptors (Lipinski definition) is 5. The zero-order valence-electron chi connectivity index (χ0n) is 14.9. The summed E-state index contributed by atoms with van der Waals surface area (Å²) in [6, 6.07) is 14.0. The summed E-state index contributed by atoms with van der Waals surface area (Å²) < 4.78 is 28.2. The molecule has 0 aliphatic rings. The molecule has 0 saturated carbocycles. The summed E-state index contributed by atoms with van der Waals surface area (Å²) in [5.41, 5.74) is 2.05. The molecule has 140 valence electrons. The molecule has 0 atom stereocenters. The van der Waals surface area contributed by atoms with Gasteiger partial charge in [0.1, 0.15) is 5.76 Å². The van der Waals surface area contributed by atoms with E-state index in [-0.39, 0.29) is 11.7 Å². The molecular formula is C20H20N2O4S. The fraction of sp³-hybridized carbons (Fsp3) is 0.200. The molecule has 0 radical (unpaired) electrons. The molecule has 0 N–H and O–H groups in total. The number of amides is 1. The summed E-state index contributed by atoms with van der Waals surface area (Å²) in [7, 11) is -3.12. The molecule has 2 heterocycles. The van der Waals surface area contributed by atoms with Gasteiger partial charge in [-0.25, -0.2) is 8.42 Å². The van der Waals surface area contributed by atoms with Gasteiger partial charge in [-0.15, -0.1) is 0 Å². The number of furan rings is 1. The Morgan fingerprint density at radius 3 is 2.41 bits per heavy atom. The van der Waals surface area contributed by atoms with Gasteiger partial charge in [0.05, 0.1) is 18.6 Å². The van der Waals surface area contributed by atoms with Crippen LogP contribution in [0.25, 0.3) is 0 Å². The van der Waals surface area contributed by atoms with Crippen molar-refractivity contribution < 1.29 is 17.6 Å². The van der Waals surface area contributed by atoms with E-state index in [4.69, 9.17) is 4.42 Å². The maximum absolute atomic E-state index is 13.0. The average Bonchev–Trinajstić information content (AvgIpc) is 3.14. The Morgan fingerprint density at radius 1 is 1.04 bits per heavy atom. The molecule has 1 amide bonds. The lowest BCUT2D eigenvalue weighted by molar-refractivity contribution is 0.0717. The first kappa shape index (κ1) is 18.8. The summed E-state index contributed by atoms with van der Waals surface area (Å²) in [6.45, 7) is 0.713. The normalized spacial score (nSPS) is 11.3. The molecule has 3 rings (SSSR count). The van der Waals surface area contributed by atoms with Gasteiger partial charge in [0, 0.05) is 30.8 Å². The fourth-order valence-corrected chi connectivity index (χ4v) is 3.53. The Morgan fingerprint density at radius 2 is 1.81 bits per heavy atom. The van der Waals surface area contributed by atoms with Gasteiger partial charge < -0.3 is 9.32 Å². The number of benzene rings is 1. The van der Waals surface area contributed by atoms with E-state index in [1.807, 2.05) is 18.2 Å². The first-order valence-corrected chi connectivity index (χ1v) is 10.4. The van der Waals surface area contributed by atoms with Gasteiger partial charge >= 0.3 is 0 Å². The van der Waals surface area contributed by atoms with Gasteiger partial charge in [0.15, 0.2) is 9.84 Å². The number of pyridine rings is 1.